The van der Waals surface area contributed by atoms with Crippen molar-refractivity contribution in [3.63, 3.8) is 0 Å². The van der Waals surface area contributed by atoms with Gasteiger partial charge in [0.2, 0.25) is 0 Å². The van der Waals surface area contributed by atoms with Gasteiger partial charge in [0, 0.05) is 12.6 Å². The molecule has 0 spiro atoms. The summed E-state index contributed by atoms with van der Waals surface area (Å²) in [6.07, 6.45) is 2.50. The van der Waals surface area contributed by atoms with Gasteiger partial charge >= 0.3 is 5.97 Å². The van der Waals surface area contributed by atoms with E-state index in [2.05, 4.69) is 17.1 Å². The lowest BCUT2D eigenvalue weighted by Crippen LogP contribution is -2.44. The maximum absolute atomic E-state index is 11.4. The van der Waals surface area contributed by atoms with Gasteiger partial charge in [-0.25, -0.2) is 0 Å². The van der Waals surface area contributed by atoms with Gasteiger partial charge in [0.05, 0.1) is 6.61 Å². The molecule has 2 unspecified atom stereocenters. The lowest BCUT2D eigenvalue weighted by Gasteiger charge is -2.24. The number of ether oxygens (including phenoxy) is 1. The van der Waals surface area contributed by atoms with Crippen molar-refractivity contribution in [3.05, 3.63) is 0 Å². The highest BCUT2D eigenvalue weighted by atomic mass is 16.5. The predicted octanol–water partition coefficient (Wildman–Crippen LogP) is 1.01. The third-order valence-corrected chi connectivity index (χ3v) is 3.21. The van der Waals surface area contributed by atoms with Crippen LogP contribution < -0.4 is 5.32 Å². The van der Waals surface area contributed by atoms with Crippen molar-refractivity contribution in [1.82, 2.24) is 10.2 Å². The number of carbonyl (C=O) groups is 1. The van der Waals surface area contributed by atoms with Crippen LogP contribution in [0.4, 0.5) is 0 Å². The van der Waals surface area contributed by atoms with E-state index in [-0.39, 0.29) is 12.0 Å². The summed E-state index contributed by atoms with van der Waals surface area (Å²) in [5.74, 6) is -0.149. The Bertz CT molecular complexity index is 221. The van der Waals surface area contributed by atoms with Gasteiger partial charge in [-0.2, -0.15) is 0 Å². The molecular formula is C12H24N2O2. The van der Waals surface area contributed by atoms with Crippen molar-refractivity contribution in [1.29, 1.82) is 0 Å². The van der Waals surface area contributed by atoms with Crippen LogP contribution in [-0.2, 0) is 9.53 Å². The average Bonchev–Trinajstić information content (AvgIpc) is 2.73. The second-order valence-electron chi connectivity index (χ2n) is 4.31. The highest BCUT2D eigenvalue weighted by Crippen LogP contribution is 2.15. The Labute approximate surface area is 98.3 Å². The van der Waals surface area contributed by atoms with E-state index in [4.69, 9.17) is 4.74 Å². The number of hydrogen-bond donors (Lipinski definition) is 1. The highest BCUT2D eigenvalue weighted by Gasteiger charge is 2.24. The van der Waals surface area contributed by atoms with Gasteiger partial charge in [-0.1, -0.05) is 6.92 Å². The summed E-state index contributed by atoms with van der Waals surface area (Å²) in [5, 5.41) is 3.26. The maximum Gasteiger partial charge on any atom is 0.322 e. The number of likely N-dealkylation sites (tertiary alicyclic amines) is 1. The Morgan fingerprint density at radius 1 is 1.56 bits per heavy atom. The van der Waals surface area contributed by atoms with Gasteiger partial charge in [0.25, 0.3) is 0 Å². The lowest BCUT2D eigenvalue weighted by atomic mass is 10.2. The van der Waals surface area contributed by atoms with Crippen LogP contribution in [-0.4, -0.2) is 49.2 Å². The number of likely N-dealkylation sites (N-methyl/N-ethyl adjacent to an activating group) is 1. The number of hydrogen-bond acceptors (Lipinski definition) is 4. The quantitative estimate of drug-likeness (QED) is 0.689. The van der Waals surface area contributed by atoms with E-state index >= 15 is 0 Å². The van der Waals surface area contributed by atoms with E-state index in [9.17, 15) is 4.79 Å². The molecular weight excluding hydrogens is 204 g/mol. The zero-order valence-corrected chi connectivity index (χ0v) is 10.7. The highest BCUT2D eigenvalue weighted by molar-refractivity contribution is 5.75. The minimum atomic E-state index is -0.195. The fourth-order valence-corrected chi connectivity index (χ4v) is 2.21. The molecule has 0 saturated carbocycles. The first-order valence-electron chi connectivity index (χ1n) is 6.33. The molecule has 0 radical (unpaired) electrons. The summed E-state index contributed by atoms with van der Waals surface area (Å²) >= 11 is 0. The molecule has 4 nitrogen and oxygen atoms in total. The van der Waals surface area contributed by atoms with E-state index in [0.29, 0.717) is 12.6 Å². The number of nitrogens with one attached hydrogen (secondary N) is 1. The largest absolute Gasteiger partial charge is 0.465 e. The standard InChI is InChI=1S/C12H24N2O2/c1-4-14-8-6-7-11(14)9-13-10(3)12(15)16-5-2/h10-11,13H,4-9H2,1-3H3. The molecule has 0 amide bonds. The van der Waals surface area contributed by atoms with Gasteiger partial charge < -0.3 is 10.1 Å². The molecule has 1 aliphatic rings. The van der Waals surface area contributed by atoms with Crippen molar-refractivity contribution in [3.8, 4) is 0 Å². The van der Waals surface area contributed by atoms with Gasteiger partial charge in [0.15, 0.2) is 0 Å². The molecule has 16 heavy (non-hydrogen) atoms. The van der Waals surface area contributed by atoms with Crippen LogP contribution in [0.15, 0.2) is 0 Å². The first kappa shape index (κ1) is 13.5. The second-order valence-corrected chi connectivity index (χ2v) is 4.31. The molecule has 1 fully saturated rings. The fraction of sp³-hybridized carbons (Fsp3) is 0.917. The van der Waals surface area contributed by atoms with Crippen molar-refractivity contribution in [2.45, 2.75) is 45.7 Å². The van der Waals surface area contributed by atoms with Crippen LogP contribution in [0.1, 0.15) is 33.6 Å². The Morgan fingerprint density at radius 2 is 2.31 bits per heavy atom. The lowest BCUT2D eigenvalue weighted by molar-refractivity contribution is -0.145. The van der Waals surface area contributed by atoms with Crippen LogP contribution in [0.2, 0.25) is 0 Å². The number of nitrogens with zero attached hydrogens (tertiary/aromatic N) is 1. The first-order chi connectivity index (χ1) is 7.69. The Hall–Kier alpha value is -0.610. The molecule has 0 bridgehead atoms. The van der Waals surface area contributed by atoms with Gasteiger partial charge in [-0.05, 0) is 39.8 Å². The third kappa shape index (κ3) is 3.76. The minimum absolute atomic E-state index is 0.149. The normalized spacial score (nSPS) is 23.3. The molecule has 0 aromatic carbocycles. The molecule has 0 aromatic heterocycles. The van der Waals surface area contributed by atoms with Crippen LogP contribution in [0.25, 0.3) is 0 Å². The summed E-state index contributed by atoms with van der Waals surface area (Å²) in [6.45, 7) is 9.51. The van der Waals surface area contributed by atoms with Gasteiger partial charge in [-0.15, -0.1) is 0 Å². The Kier molecular flexibility index (Phi) is 5.77. The average molecular weight is 228 g/mol. The number of rotatable bonds is 6. The molecule has 2 atom stereocenters. The van der Waals surface area contributed by atoms with E-state index in [1.54, 1.807) is 0 Å². The van der Waals surface area contributed by atoms with E-state index in [1.165, 1.54) is 19.4 Å². The zero-order chi connectivity index (χ0) is 12.0. The minimum Gasteiger partial charge on any atom is -0.465 e. The van der Waals surface area contributed by atoms with Crippen LogP contribution >= 0.6 is 0 Å². The summed E-state index contributed by atoms with van der Waals surface area (Å²) in [7, 11) is 0. The van der Waals surface area contributed by atoms with Crippen molar-refractivity contribution in [2.24, 2.45) is 0 Å². The topological polar surface area (TPSA) is 41.6 Å². The predicted molar refractivity (Wildman–Crippen MR) is 64.4 cm³/mol. The molecule has 1 heterocycles. The first-order valence-corrected chi connectivity index (χ1v) is 6.33. The molecule has 4 heteroatoms. The fourth-order valence-electron chi connectivity index (χ4n) is 2.21. The van der Waals surface area contributed by atoms with Crippen molar-refractivity contribution < 1.29 is 9.53 Å². The Morgan fingerprint density at radius 3 is 2.94 bits per heavy atom. The molecule has 0 aromatic rings. The van der Waals surface area contributed by atoms with Gasteiger partial charge in [-0.3, -0.25) is 9.69 Å². The molecule has 94 valence electrons. The van der Waals surface area contributed by atoms with Crippen LogP contribution in [0, 0.1) is 0 Å². The summed E-state index contributed by atoms with van der Waals surface area (Å²) in [6, 6.07) is 0.390. The summed E-state index contributed by atoms with van der Waals surface area (Å²) in [5.41, 5.74) is 0. The third-order valence-electron chi connectivity index (χ3n) is 3.21. The molecule has 1 aliphatic heterocycles. The van der Waals surface area contributed by atoms with Crippen molar-refractivity contribution >= 4 is 5.97 Å². The second kappa shape index (κ2) is 6.86. The van der Waals surface area contributed by atoms with E-state index in [1.807, 2.05) is 13.8 Å². The Balaban J connectivity index is 2.25. The van der Waals surface area contributed by atoms with Crippen molar-refractivity contribution in [2.75, 3.05) is 26.2 Å². The summed E-state index contributed by atoms with van der Waals surface area (Å²) < 4.78 is 4.96. The monoisotopic (exact) mass is 228 g/mol. The summed E-state index contributed by atoms with van der Waals surface area (Å²) in [4.78, 5) is 13.9. The SMILES string of the molecule is CCOC(=O)C(C)NCC1CCCN1CC. The smallest absolute Gasteiger partial charge is 0.322 e. The van der Waals surface area contributed by atoms with E-state index < -0.39 is 0 Å². The molecule has 1 rings (SSSR count). The van der Waals surface area contributed by atoms with E-state index in [0.717, 1.165) is 13.1 Å². The maximum atomic E-state index is 11.4. The molecule has 0 aliphatic carbocycles. The molecule has 1 saturated heterocycles. The molecule has 1 N–H and O–H groups in total. The van der Waals surface area contributed by atoms with Gasteiger partial charge in [0.1, 0.15) is 6.04 Å². The zero-order valence-electron chi connectivity index (χ0n) is 10.7. The van der Waals surface area contributed by atoms with Crippen LogP contribution in [0.5, 0.6) is 0 Å². The number of esters is 1. The van der Waals surface area contributed by atoms with Crippen LogP contribution in [0.3, 0.4) is 0 Å². The number of carbonyl (C=O) groups excluding carboxylic acids is 1.